The molecule has 2 rings (SSSR count). The maximum absolute atomic E-state index is 5.83. The van der Waals surface area contributed by atoms with Crippen molar-refractivity contribution in [2.45, 2.75) is 51.7 Å². The minimum Gasteiger partial charge on any atom is -0.370 e. The molecule has 1 heterocycles. The summed E-state index contributed by atoms with van der Waals surface area (Å²) in [4.78, 5) is 8.60. The fourth-order valence-electron chi connectivity index (χ4n) is 2.19. The van der Waals surface area contributed by atoms with Gasteiger partial charge in [0.1, 0.15) is 12.4 Å². The van der Waals surface area contributed by atoms with E-state index in [1.54, 1.807) is 0 Å². The second kappa shape index (κ2) is 5.93. The van der Waals surface area contributed by atoms with Gasteiger partial charge in [-0.1, -0.05) is 19.3 Å². The number of nitrogen functional groups attached to an aromatic ring is 1. The van der Waals surface area contributed by atoms with Gasteiger partial charge in [0.05, 0.1) is 6.10 Å². The van der Waals surface area contributed by atoms with Crippen molar-refractivity contribution in [2.24, 2.45) is 5.84 Å². The predicted molar refractivity (Wildman–Crippen MR) is 66.2 cm³/mol. The van der Waals surface area contributed by atoms with Crippen LogP contribution in [0, 0.1) is 6.92 Å². The highest BCUT2D eigenvalue weighted by Gasteiger charge is 2.14. The van der Waals surface area contributed by atoms with Crippen molar-refractivity contribution >= 4 is 5.82 Å². The summed E-state index contributed by atoms with van der Waals surface area (Å²) >= 11 is 0. The van der Waals surface area contributed by atoms with Crippen LogP contribution in [-0.4, -0.2) is 16.1 Å². The number of nitrogens with two attached hydrogens (primary N) is 1. The first-order chi connectivity index (χ1) is 8.28. The number of nitrogens with zero attached hydrogens (tertiary/aromatic N) is 2. The Balaban J connectivity index is 1.91. The second-order valence-corrected chi connectivity index (χ2v) is 4.53. The normalized spacial score (nSPS) is 17.1. The molecule has 0 amide bonds. The summed E-state index contributed by atoms with van der Waals surface area (Å²) < 4.78 is 5.83. The monoisotopic (exact) mass is 236 g/mol. The van der Waals surface area contributed by atoms with Crippen molar-refractivity contribution in [1.29, 1.82) is 0 Å². The molecular formula is C12H20N4O. The van der Waals surface area contributed by atoms with Crippen LogP contribution in [0.3, 0.4) is 0 Å². The Morgan fingerprint density at radius 1 is 1.35 bits per heavy atom. The number of anilines is 1. The maximum Gasteiger partial charge on any atom is 0.156 e. The van der Waals surface area contributed by atoms with E-state index in [-0.39, 0.29) is 0 Å². The minimum absolute atomic E-state index is 0.377. The molecule has 3 N–H and O–H groups in total. The average molecular weight is 236 g/mol. The first-order valence-electron chi connectivity index (χ1n) is 6.20. The fourth-order valence-corrected chi connectivity index (χ4v) is 2.19. The molecule has 0 spiro atoms. The largest absolute Gasteiger partial charge is 0.370 e. The molecule has 0 saturated heterocycles. The van der Waals surface area contributed by atoms with Crippen molar-refractivity contribution in [1.82, 2.24) is 9.97 Å². The zero-order valence-electron chi connectivity index (χ0n) is 10.3. The molecule has 0 aromatic carbocycles. The average Bonchev–Trinajstić information content (AvgIpc) is 2.37. The smallest absolute Gasteiger partial charge is 0.156 e. The third kappa shape index (κ3) is 3.64. The van der Waals surface area contributed by atoms with Gasteiger partial charge in [-0.05, 0) is 19.8 Å². The molecule has 94 valence electrons. The lowest BCUT2D eigenvalue weighted by atomic mass is 9.98. The van der Waals surface area contributed by atoms with Crippen LogP contribution in [0.4, 0.5) is 5.82 Å². The highest BCUT2D eigenvalue weighted by atomic mass is 16.5. The van der Waals surface area contributed by atoms with E-state index in [9.17, 15) is 0 Å². The van der Waals surface area contributed by atoms with Crippen LogP contribution in [0.5, 0.6) is 0 Å². The Hall–Kier alpha value is -1.20. The van der Waals surface area contributed by atoms with Crippen LogP contribution in [0.2, 0.25) is 0 Å². The van der Waals surface area contributed by atoms with Gasteiger partial charge in [0.25, 0.3) is 0 Å². The SMILES string of the molecule is Cc1cc(NN)nc(COC2CCCCC2)n1. The molecule has 1 aromatic heterocycles. The molecule has 0 radical (unpaired) electrons. The fraction of sp³-hybridized carbons (Fsp3) is 0.667. The quantitative estimate of drug-likeness (QED) is 0.617. The predicted octanol–water partition coefficient (Wildman–Crippen LogP) is 1.92. The Morgan fingerprint density at radius 3 is 2.82 bits per heavy atom. The van der Waals surface area contributed by atoms with Crippen molar-refractivity contribution in [2.75, 3.05) is 5.43 Å². The lowest BCUT2D eigenvalue weighted by molar-refractivity contribution is 0.0135. The third-order valence-electron chi connectivity index (χ3n) is 3.05. The van der Waals surface area contributed by atoms with Crippen molar-refractivity contribution in [3.63, 3.8) is 0 Å². The van der Waals surface area contributed by atoms with Gasteiger partial charge in [0.15, 0.2) is 5.82 Å². The van der Waals surface area contributed by atoms with Crippen LogP contribution in [0.25, 0.3) is 0 Å². The Labute approximate surface area is 102 Å². The number of rotatable bonds is 4. The zero-order chi connectivity index (χ0) is 12.1. The summed E-state index contributed by atoms with van der Waals surface area (Å²) in [7, 11) is 0. The van der Waals surface area contributed by atoms with Gasteiger partial charge in [-0.15, -0.1) is 0 Å². The van der Waals surface area contributed by atoms with Crippen LogP contribution < -0.4 is 11.3 Å². The van der Waals surface area contributed by atoms with Crippen LogP contribution in [-0.2, 0) is 11.3 Å². The van der Waals surface area contributed by atoms with Crippen molar-refractivity contribution in [3.05, 3.63) is 17.6 Å². The van der Waals surface area contributed by atoms with Gasteiger partial charge < -0.3 is 10.2 Å². The molecule has 1 fully saturated rings. The van der Waals surface area contributed by atoms with E-state index in [4.69, 9.17) is 10.6 Å². The summed E-state index contributed by atoms with van der Waals surface area (Å²) in [5, 5.41) is 0. The second-order valence-electron chi connectivity index (χ2n) is 4.53. The minimum atomic E-state index is 0.377. The Kier molecular flexibility index (Phi) is 4.28. The van der Waals surface area contributed by atoms with Crippen LogP contribution in [0.15, 0.2) is 6.07 Å². The van der Waals surface area contributed by atoms with E-state index in [0.717, 1.165) is 18.5 Å². The van der Waals surface area contributed by atoms with E-state index in [0.29, 0.717) is 24.4 Å². The summed E-state index contributed by atoms with van der Waals surface area (Å²) in [6.07, 6.45) is 6.58. The van der Waals surface area contributed by atoms with Crippen molar-refractivity contribution < 1.29 is 4.74 Å². The van der Waals surface area contributed by atoms with E-state index >= 15 is 0 Å². The molecule has 5 heteroatoms. The molecule has 0 bridgehead atoms. The summed E-state index contributed by atoms with van der Waals surface area (Å²) in [5.41, 5.74) is 3.44. The first kappa shape index (κ1) is 12.3. The van der Waals surface area contributed by atoms with Gasteiger partial charge >= 0.3 is 0 Å². The number of hydrogen-bond acceptors (Lipinski definition) is 5. The molecule has 0 atom stereocenters. The number of aryl methyl sites for hydroxylation is 1. The Morgan fingerprint density at radius 2 is 2.12 bits per heavy atom. The molecule has 5 nitrogen and oxygen atoms in total. The zero-order valence-corrected chi connectivity index (χ0v) is 10.3. The highest BCUT2D eigenvalue weighted by Crippen LogP contribution is 2.21. The molecule has 1 saturated carbocycles. The molecule has 0 aliphatic heterocycles. The van der Waals surface area contributed by atoms with Gasteiger partial charge in [-0.2, -0.15) is 0 Å². The highest BCUT2D eigenvalue weighted by molar-refractivity contribution is 5.33. The summed E-state index contributed by atoms with van der Waals surface area (Å²) in [6.45, 7) is 2.40. The molecule has 1 aromatic rings. The molecule has 17 heavy (non-hydrogen) atoms. The van der Waals surface area contributed by atoms with Gasteiger partial charge in [-0.25, -0.2) is 15.8 Å². The third-order valence-corrected chi connectivity index (χ3v) is 3.05. The molecule has 0 unspecified atom stereocenters. The first-order valence-corrected chi connectivity index (χ1v) is 6.20. The maximum atomic E-state index is 5.83. The lowest BCUT2D eigenvalue weighted by Gasteiger charge is -2.21. The van der Waals surface area contributed by atoms with Gasteiger partial charge in [-0.3, -0.25) is 0 Å². The van der Waals surface area contributed by atoms with Crippen LogP contribution in [0.1, 0.15) is 43.6 Å². The van der Waals surface area contributed by atoms with Crippen LogP contribution >= 0.6 is 0 Å². The van der Waals surface area contributed by atoms with E-state index in [1.807, 2.05) is 13.0 Å². The molecule has 1 aliphatic carbocycles. The number of hydrazine groups is 1. The Bertz CT molecular complexity index is 364. The van der Waals surface area contributed by atoms with Gasteiger partial charge in [0.2, 0.25) is 0 Å². The number of nitrogens with one attached hydrogen (secondary N) is 1. The van der Waals surface area contributed by atoms with Crippen molar-refractivity contribution in [3.8, 4) is 0 Å². The van der Waals surface area contributed by atoms with Gasteiger partial charge in [0, 0.05) is 11.8 Å². The topological polar surface area (TPSA) is 73.1 Å². The lowest BCUT2D eigenvalue weighted by Crippen LogP contribution is -2.18. The number of aromatic nitrogens is 2. The van der Waals surface area contributed by atoms with E-state index in [2.05, 4.69) is 15.4 Å². The standard InChI is InChI=1S/C12H20N4O/c1-9-7-11(16-13)15-12(14-9)8-17-10-5-3-2-4-6-10/h7,10H,2-6,8,13H2,1H3,(H,14,15,16). The summed E-state index contributed by atoms with van der Waals surface area (Å²) in [5.74, 6) is 6.68. The summed E-state index contributed by atoms with van der Waals surface area (Å²) in [6, 6.07) is 1.81. The van der Waals surface area contributed by atoms with E-state index in [1.165, 1.54) is 19.3 Å². The van der Waals surface area contributed by atoms with E-state index < -0.39 is 0 Å². The molecular weight excluding hydrogens is 216 g/mol. The number of ether oxygens (including phenoxy) is 1. The number of hydrogen-bond donors (Lipinski definition) is 2. The molecule has 1 aliphatic rings.